The third kappa shape index (κ3) is 6.61. The average molecular weight is 438 g/mol. The van der Waals surface area contributed by atoms with Crippen molar-refractivity contribution in [1.29, 1.82) is 10.7 Å². The van der Waals surface area contributed by atoms with Gasteiger partial charge in [0.2, 0.25) is 0 Å². The fraction of sp³-hybridized carbons (Fsp3) is 0.118. The molecule has 6 nitrogen and oxygen atoms in total. The lowest BCUT2D eigenvalue weighted by atomic mass is 10.1. The van der Waals surface area contributed by atoms with Crippen molar-refractivity contribution < 1.29 is 4.74 Å². The molecule has 0 fully saturated rings. The Morgan fingerprint density at radius 1 is 1.26 bits per heavy atom. The van der Waals surface area contributed by atoms with E-state index in [1.54, 1.807) is 18.2 Å². The van der Waals surface area contributed by atoms with Gasteiger partial charge in [-0.05, 0) is 54.2 Å². The minimum Gasteiger partial charge on any atom is -0.465 e. The quantitative estimate of drug-likeness (QED) is 0.177. The van der Waals surface area contributed by atoms with E-state index >= 15 is 0 Å². The van der Waals surface area contributed by atoms with Gasteiger partial charge in [0.25, 0.3) is 5.17 Å². The second-order valence-electron chi connectivity index (χ2n) is 5.16. The molecule has 0 aromatic heterocycles. The molecule has 0 spiro atoms. The Bertz CT molecular complexity index is 901. The van der Waals surface area contributed by atoms with Crippen LogP contribution in [0, 0.1) is 16.7 Å². The molecule has 0 aliphatic heterocycles. The summed E-state index contributed by atoms with van der Waals surface area (Å²) in [5.74, 6) is 5.76. The summed E-state index contributed by atoms with van der Waals surface area (Å²) in [5, 5.41) is 17.3. The lowest BCUT2D eigenvalue weighted by molar-refractivity contribution is 0.284. The van der Waals surface area contributed by atoms with Crippen LogP contribution in [0.2, 0.25) is 5.02 Å². The van der Waals surface area contributed by atoms with Crippen molar-refractivity contribution in [2.24, 2.45) is 11.6 Å². The minimum absolute atomic E-state index is 0.0428. The van der Waals surface area contributed by atoms with Crippen LogP contribution in [-0.2, 0) is 17.1 Å². The zero-order chi connectivity index (χ0) is 19.8. The van der Waals surface area contributed by atoms with Crippen LogP contribution in [0.5, 0.6) is 0 Å². The molecule has 0 unspecified atom stereocenters. The number of nitrogens with one attached hydrogen (secondary N) is 2. The average Bonchev–Trinajstić information content (AvgIpc) is 2.66. The summed E-state index contributed by atoms with van der Waals surface area (Å²) in [4.78, 5) is 1.88. The maximum atomic E-state index is 9.16. The van der Waals surface area contributed by atoms with Crippen molar-refractivity contribution in [2.45, 2.75) is 22.2 Å². The first-order chi connectivity index (χ1) is 12.9. The van der Waals surface area contributed by atoms with Crippen molar-refractivity contribution in [3.63, 3.8) is 0 Å². The molecule has 2 aromatic carbocycles. The van der Waals surface area contributed by atoms with E-state index in [9.17, 15) is 0 Å². The van der Waals surface area contributed by atoms with Crippen molar-refractivity contribution in [1.82, 2.24) is 5.43 Å². The number of halogens is 1. The van der Waals surface area contributed by atoms with E-state index in [0.717, 1.165) is 20.9 Å². The zero-order valence-electron chi connectivity index (χ0n) is 14.0. The molecular weight excluding hydrogens is 422 g/mol. The highest BCUT2D eigenvalue weighted by Crippen LogP contribution is 2.36. The molecule has 140 valence electrons. The van der Waals surface area contributed by atoms with Crippen LogP contribution in [-0.4, -0.2) is 10.3 Å². The lowest BCUT2D eigenvalue weighted by Crippen LogP contribution is -2.30. The monoisotopic (exact) mass is 437 g/mol. The maximum absolute atomic E-state index is 9.16. The van der Waals surface area contributed by atoms with Crippen molar-refractivity contribution in [3.8, 4) is 6.07 Å². The van der Waals surface area contributed by atoms with Crippen LogP contribution in [0.25, 0.3) is 0 Å². The van der Waals surface area contributed by atoms with E-state index in [0.29, 0.717) is 16.3 Å². The van der Waals surface area contributed by atoms with Crippen molar-refractivity contribution in [2.75, 3.05) is 0 Å². The number of hydrogen-bond acceptors (Lipinski definition) is 7. The molecule has 0 aliphatic rings. The number of nitrogens with two attached hydrogens (primary N) is 2. The smallest absolute Gasteiger partial charge is 0.271 e. The molecular formula is C17H16ClN5OS3. The predicted molar refractivity (Wildman–Crippen MR) is 115 cm³/mol. The summed E-state index contributed by atoms with van der Waals surface area (Å²) in [6.45, 7) is 0.173. The van der Waals surface area contributed by atoms with E-state index in [1.807, 2.05) is 18.2 Å². The van der Waals surface area contributed by atoms with Gasteiger partial charge in [-0.15, -0.1) is 0 Å². The van der Waals surface area contributed by atoms with Crippen LogP contribution in [0.4, 0.5) is 0 Å². The van der Waals surface area contributed by atoms with E-state index < -0.39 is 0 Å². The summed E-state index contributed by atoms with van der Waals surface area (Å²) in [5.41, 5.74) is 10.00. The topological polar surface area (TPSA) is 121 Å². The van der Waals surface area contributed by atoms with E-state index in [2.05, 4.69) is 11.5 Å². The van der Waals surface area contributed by atoms with Gasteiger partial charge in [-0.3, -0.25) is 10.8 Å². The molecule has 0 heterocycles. The molecule has 0 saturated heterocycles. The number of amidine groups is 1. The summed E-state index contributed by atoms with van der Waals surface area (Å²) in [7, 11) is 0. The van der Waals surface area contributed by atoms with Crippen LogP contribution >= 0.6 is 47.3 Å². The van der Waals surface area contributed by atoms with Gasteiger partial charge in [0, 0.05) is 26.1 Å². The number of nitriles is 1. The van der Waals surface area contributed by atoms with E-state index in [1.165, 1.54) is 23.5 Å². The Hall–Kier alpha value is -1.96. The largest absolute Gasteiger partial charge is 0.465 e. The highest BCUT2D eigenvalue weighted by molar-refractivity contribution is 8.13. The minimum atomic E-state index is 0.0428. The van der Waals surface area contributed by atoms with Crippen LogP contribution in [0.3, 0.4) is 0 Å². The number of rotatable bonds is 6. The first-order valence-electron chi connectivity index (χ1n) is 7.52. The molecule has 6 N–H and O–H groups in total. The van der Waals surface area contributed by atoms with Gasteiger partial charge in [0.1, 0.15) is 6.61 Å². The van der Waals surface area contributed by atoms with Gasteiger partial charge in [-0.1, -0.05) is 35.1 Å². The number of hydrazine groups is 1. The molecule has 27 heavy (non-hydrogen) atoms. The Labute approximate surface area is 176 Å². The van der Waals surface area contributed by atoms with Gasteiger partial charge in [0.05, 0.1) is 11.6 Å². The van der Waals surface area contributed by atoms with E-state index in [4.69, 9.17) is 50.8 Å². The number of thioether (sulfide) groups is 1. The Balaban J connectivity index is 2.32. The Morgan fingerprint density at radius 2 is 1.96 bits per heavy atom. The van der Waals surface area contributed by atoms with Gasteiger partial charge in [0.15, 0.2) is 5.17 Å². The molecule has 0 saturated carbocycles. The molecule has 0 radical (unpaired) electrons. The SMILES string of the molecule is N#Cc1ccc(Sc2ccc(Cl)cc2CSC(=N)N)c(COC(=S)NN)c1. The number of ether oxygens (including phenoxy) is 1. The first-order valence-corrected chi connectivity index (χ1v) is 10.1. The molecule has 2 rings (SSSR count). The summed E-state index contributed by atoms with van der Waals surface area (Å²) >= 11 is 13.8. The van der Waals surface area contributed by atoms with Gasteiger partial charge < -0.3 is 10.5 Å². The molecule has 10 heteroatoms. The molecule has 0 amide bonds. The third-order valence-corrected chi connectivity index (χ3v) is 5.77. The zero-order valence-corrected chi connectivity index (χ0v) is 17.2. The maximum Gasteiger partial charge on any atom is 0.271 e. The molecule has 0 atom stereocenters. The molecule has 0 aliphatic carbocycles. The third-order valence-electron chi connectivity index (χ3n) is 3.29. The number of hydrogen-bond donors (Lipinski definition) is 4. The fourth-order valence-corrected chi connectivity index (χ4v) is 4.00. The van der Waals surface area contributed by atoms with Crippen LogP contribution < -0.4 is 17.0 Å². The van der Waals surface area contributed by atoms with Crippen molar-refractivity contribution in [3.05, 3.63) is 58.1 Å². The van der Waals surface area contributed by atoms with Crippen molar-refractivity contribution >= 4 is 57.7 Å². The van der Waals surface area contributed by atoms with Crippen LogP contribution in [0.1, 0.15) is 16.7 Å². The normalized spacial score (nSPS) is 10.1. The number of thiocarbonyl (C=S) groups is 1. The fourth-order valence-electron chi connectivity index (χ4n) is 2.08. The second kappa shape index (κ2) is 10.4. The summed E-state index contributed by atoms with van der Waals surface area (Å²) in [6, 6.07) is 13.0. The van der Waals surface area contributed by atoms with Gasteiger partial charge in [-0.2, -0.15) is 5.26 Å². The van der Waals surface area contributed by atoms with E-state index in [-0.39, 0.29) is 16.9 Å². The van der Waals surface area contributed by atoms with Crippen LogP contribution in [0.15, 0.2) is 46.2 Å². The summed E-state index contributed by atoms with van der Waals surface area (Å²) in [6.07, 6.45) is 0. The predicted octanol–water partition coefficient (Wildman–Crippen LogP) is 3.75. The van der Waals surface area contributed by atoms with Gasteiger partial charge in [-0.25, -0.2) is 5.84 Å². The first kappa shape index (κ1) is 21.3. The number of benzene rings is 2. The highest BCUT2D eigenvalue weighted by atomic mass is 35.5. The number of nitrogens with zero attached hydrogens (tertiary/aromatic N) is 1. The Morgan fingerprint density at radius 3 is 2.63 bits per heavy atom. The molecule has 0 bridgehead atoms. The Kier molecular flexibility index (Phi) is 8.22. The standard InChI is InChI=1S/C17H16ClN5OS3/c18-13-2-4-15(12(6-13)9-26-16(20)21)27-14-3-1-10(7-19)5-11(14)8-24-17(25)23-22/h1-6H,8-9,22H2,(H3,20,21)(H,23,25). The summed E-state index contributed by atoms with van der Waals surface area (Å²) < 4.78 is 5.39. The molecule has 2 aromatic rings. The highest BCUT2D eigenvalue weighted by Gasteiger charge is 2.12. The lowest BCUT2D eigenvalue weighted by Gasteiger charge is -2.14. The van der Waals surface area contributed by atoms with Gasteiger partial charge >= 0.3 is 0 Å². The second-order valence-corrected chi connectivity index (χ2v) is 8.07.